The number of anilines is 1. The summed E-state index contributed by atoms with van der Waals surface area (Å²) >= 11 is 18.2. The van der Waals surface area contributed by atoms with E-state index < -0.39 is 6.04 Å². The van der Waals surface area contributed by atoms with Gasteiger partial charge in [0.15, 0.2) is 5.11 Å². The van der Waals surface area contributed by atoms with Crippen LogP contribution in [-0.2, 0) is 0 Å². The van der Waals surface area contributed by atoms with Crippen molar-refractivity contribution >= 4 is 46.2 Å². The minimum Gasteiger partial charge on any atom is -0.459 e. The number of benzene rings is 2. The molecule has 0 saturated carbocycles. The Morgan fingerprint density at radius 1 is 0.969 bits per heavy atom. The summed E-state index contributed by atoms with van der Waals surface area (Å²) in [7, 11) is 0. The van der Waals surface area contributed by atoms with Gasteiger partial charge in [-0.2, -0.15) is 0 Å². The normalized spacial score (nSPS) is 18.1. The van der Waals surface area contributed by atoms with Crippen molar-refractivity contribution < 1.29 is 8.81 Å². The van der Waals surface area contributed by atoms with Crippen LogP contribution >= 0.6 is 35.4 Å². The summed E-state index contributed by atoms with van der Waals surface area (Å²) in [5.74, 6) is 0.758. The lowest BCUT2D eigenvalue weighted by atomic mass is 10.0. The zero-order valence-electron chi connectivity index (χ0n) is 16.5. The number of hydrogen-bond donors (Lipinski definition) is 1. The zero-order valence-corrected chi connectivity index (χ0v) is 18.8. The number of halogens is 3. The van der Waals surface area contributed by atoms with Gasteiger partial charge in [0.1, 0.15) is 23.4 Å². The van der Waals surface area contributed by atoms with Crippen LogP contribution in [0.15, 0.2) is 83.4 Å². The van der Waals surface area contributed by atoms with E-state index in [9.17, 15) is 4.39 Å². The minimum atomic E-state index is -0.471. The minimum absolute atomic E-state index is 0.350. The average Bonchev–Trinajstić information content (AvgIpc) is 3.41. The molecule has 1 aliphatic rings. The average molecular weight is 484 g/mol. The molecule has 8 heteroatoms. The molecule has 5 rings (SSSR count). The van der Waals surface area contributed by atoms with Gasteiger partial charge in [-0.05, 0) is 60.7 Å². The molecule has 1 fully saturated rings. The number of aromatic nitrogens is 1. The van der Waals surface area contributed by atoms with E-state index in [1.165, 1.54) is 6.07 Å². The quantitative estimate of drug-likeness (QED) is 0.317. The predicted molar refractivity (Wildman–Crippen MR) is 128 cm³/mol. The summed E-state index contributed by atoms with van der Waals surface area (Å²) in [4.78, 5) is 6.22. The molecule has 1 N–H and O–H groups in total. The first-order valence-corrected chi connectivity index (χ1v) is 11.0. The number of pyridine rings is 1. The van der Waals surface area contributed by atoms with E-state index in [0.717, 1.165) is 5.69 Å². The lowest BCUT2D eigenvalue weighted by Gasteiger charge is -2.26. The van der Waals surface area contributed by atoms with Gasteiger partial charge < -0.3 is 14.6 Å². The molecule has 0 spiro atoms. The van der Waals surface area contributed by atoms with Crippen LogP contribution in [0.1, 0.15) is 23.5 Å². The standard InChI is InChI=1S/C24H16Cl2FN3OS/c25-15-7-5-6-14(21(15)26)19-11-12-20(31-19)23-22(17-9-3-4-13-28-17)29-24(32)30(23)18-10-2-1-8-16(18)27/h1-13,22-23H,(H,29,32)/t22-,23+/m1/s1. The molecule has 0 radical (unpaired) electrons. The summed E-state index contributed by atoms with van der Waals surface area (Å²) in [5, 5.41) is 4.51. The SMILES string of the molecule is Fc1ccccc1N1C(=S)N[C@H](c2ccccn2)[C@@H]1c1ccc(-c2cccc(Cl)c2Cl)o1. The Kier molecular flexibility index (Phi) is 5.59. The van der Waals surface area contributed by atoms with Crippen LogP contribution in [0.25, 0.3) is 11.3 Å². The Hall–Kier alpha value is -2.93. The van der Waals surface area contributed by atoms with Gasteiger partial charge >= 0.3 is 0 Å². The summed E-state index contributed by atoms with van der Waals surface area (Å²) < 4.78 is 21.0. The van der Waals surface area contributed by atoms with E-state index in [-0.39, 0.29) is 11.9 Å². The molecule has 2 aromatic heterocycles. The van der Waals surface area contributed by atoms with Gasteiger partial charge in [0, 0.05) is 11.8 Å². The monoisotopic (exact) mass is 483 g/mol. The number of nitrogens with one attached hydrogen (secondary N) is 1. The highest BCUT2D eigenvalue weighted by Crippen LogP contribution is 2.44. The molecular formula is C24H16Cl2FN3OS. The third-order valence-corrected chi connectivity index (χ3v) is 6.48. The van der Waals surface area contributed by atoms with E-state index in [1.807, 2.05) is 36.4 Å². The van der Waals surface area contributed by atoms with Crippen LogP contribution < -0.4 is 10.2 Å². The van der Waals surface area contributed by atoms with Gasteiger partial charge in [-0.1, -0.05) is 47.5 Å². The van der Waals surface area contributed by atoms with E-state index in [4.69, 9.17) is 39.8 Å². The van der Waals surface area contributed by atoms with Gasteiger partial charge in [-0.25, -0.2) is 4.39 Å². The predicted octanol–water partition coefficient (Wildman–Crippen LogP) is 6.96. The molecule has 2 aromatic carbocycles. The highest BCUT2D eigenvalue weighted by molar-refractivity contribution is 7.80. The van der Waals surface area contributed by atoms with Crippen LogP contribution in [0.3, 0.4) is 0 Å². The van der Waals surface area contributed by atoms with Crippen LogP contribution in [-0.4, -0.2) is 10.1 Å². The molecule has 0 unspecified atom stereocenters. The molecular weight excluding hydrogens is 468 g/mol. The number of nitrogens with zero attached hydrogens (tertiary/aromatic N) is 2. The number of para-hydroxylation sites is 1. The van der Waals surface area contributed by atoms with Gasteiger partial charge in [0.2, 0.25) is 0 Å². The molecule has 32 heavy (non-hydrogen) atoms. The van der Waals surface area contributed by atoms with Crippen LogP contribution in [0.2, 0.25) is 10.0 Å². The van der Waals surface area contributed by atoms with Crippen LogP contribution in [0.4, 0.5) is 10.1 Å². The second kappa shape index (κ2) is 8.54. The summed E-state index contributed by atoms with van der Waals surface area (Å²) in [5.41, 5.74) is 1.79. The maximum Gasteiger partial charge on any atom is 0.174 e. The van der Waals surface area contributed by atoms with E-state index >= 15 is 0 Å². The van der Waals surface area contributed by atoms with Crippen molar-refractivity contribution in [2.75, 3.05) is 4.90 Å². The molecule has 1 saturated heterocycles. The molecule has 2 atom stereocenters. The fourth-order valence-electron chi connectivity index (χ4n) is 3.90. The largest absolute Gasteiger partial charge is 0.459 e. The van der Waals surface area contributed by atoms with Crippen molar-refractivity contribution in [2.24, 2.45) is 0 Å². The molecule has 160 valence electrons. The van der Waals surface area contributed by atoms with Gasteiger partial charge in [0.05, 0.1) is 27.5 Å². The van der Waals surface area contributed by atoms with Crippen molar-refractivity contribution in [3.8, 4) is 11.3 Å². The maximum atomic E-state index is 14.8. The Balaban J connectivity index is 1.63. The first-order valence-electron chi connectivity index (χ1n) is 9.84. The van der Waals surface area contributed by atoms with Crippen molar-refractivity contribution in [2.45, 2.75) is 12.1 Å². The maximum absolute atomic E-state index is 14.8. The lowest BCUT2D eigenvalue weighted by Crippen LogP contribution is -2.30. The van der Waals surface area contributed by atoms with Gasteiger partial charge in [-0.3, -0.25) is 4.98 Å². The smallest absolute Gasteiger partial charge is 0.174 e. The van der Waals surface area contributed by atoms with Crippen molar-refractivity contribution in [1.82, 2.24) is 10.3 Å². The Morgan fingerprint density at radius 2 is 1.78 bits per heavy atom. The Bertz CT molecular complexity index is 1300. The number of rotatable bonds is 4. The molecule has 0 aliphatic carbocycles. The zero-order chi connectivity index (χ0) is 22.2. The summed E-state index contributed by atoms with van der Waals surface area (Å²) in [6.45, 7) is 0. The van der Waals surface area contributed by atoms with Crippen molar-refractivity contribution in [1.29, 1.82) is 0 Å². The summed E-state index contributed by atoms with van der Waals surface area (Å²) in [6, 6.07) is 20.3. The van der Waals surface area contributed by atoms with Gasteiger partial charge in [-0.15, -0.1) is 0 Å². The topological polar surface area (TPSA) is 41.3 Å². The first kappa shape index (κ1) is 20.9. The van der Waals surface area contributed by atoms with E-state index in [2.05, 4.69) is 10.3 Å². The molecule has 0 bridgehead atoms. The number of thiocarbonyl (C=S) groups is 1. The van der Waals surface area contributed by atoms with Crippen molar-refractivity contribution in [3.63, 3.8) is 0 Å². The lowest BCUT2D eigenvalue weighted by molar-refractivity contribution is 0.438. The van der Waals surface area contributed by atoms with Crippen LogP contribution in [0.5, 0.6) is 0 Å². The van der Waals surface area contributed by atoms with Gasteiger partial charge in [0.25, 0.3) is 0 Å². The molecule has 1 aliphatic heterocycles. The van der Waals surface area contributed by atoms with Crippen LogP contribution in [0, 0.1) is 5.82 Å². The number of hydrogen-bond acceptors (Lipinski definition) is 3. The Morgan fingerprint density at radius 3 is 2.56 bits per heavy atom. The highest BCUT2D eigenvalue weighted by atomic mass is 35.5. The molecule has 4 nitrogen and oxygen atoms in total. The third kappa shape index (κ3) is 3.64. The molecule has 0 amide bonds. The Labute approximate surface area is 199 Å². The highest BCUT2D eigenvalue weighted by Gasteiger charge is 2.43. The third-order valence-electron chi connectivity index (χ3n) is 5.35. The fraction of sp³-hybridized carbons (Fsp3) is 0.0833. The van der Waals surface area contributed by atoms with Crippen molar-refractivity contribution in [3.05, 3.63) is 106 Å². The molecule has 4 aromatic rings. The number of furan rings is 1. The van der Waals surface area contributed by atoms with E-state index in [0.29, 0.717) is 37.9 Å². The first-order chi connectivity index (χ1) is 15.5. The fourth-order valence-corrected chi connectivity index (χ4v) is 4.63. The molecule has 3 heterocycles. The second-order valence-corrected chi connectivity index (χ2v) is 8.42. The summed E-state index contributed by atoms with van der Waals surface area (Å²) in [6.07, 6.45) is 1.71. The van der Waals surface area contributed by atoms with E-state index in [1.54, 1.807) is 41.4 Å². The second-order valence-electron chi connectivity index (χ2n) is 7.25.